The maximum atomic E-state index is 2.93. The number of rotatable bonds is 4. The molecule has 0 aliphatic rings. The van der Waals surface area contributed by atoms with E-state index in [4.69, 9.17) is 0 Å². The van der Waals surface area contributed by atoms with Crippen molar-refractivity contribution in [1.82, 2.24) is 0 Å². The van der Waals surface area contributed by atoms with E-state index in [0.29, 0.717) is 0 Å². The first kappa shape index (κ1) is 8.48. The van der Waals surface area contributed by atoms with Crippen LogP contribution in [0.15, 0.2) is 18.2 Å². The molecule has 0 fully saturated rings. The first-order valence-corrected chi connectivity index (χ1v) is 3.57. The molecule has 0 aromatic heterocycles. The Morgan fingerprint density at radius 3 is 2.78 bits per heavy atom. The summed E-state index contributed by atoms with van der Waals surface area (Å²) in [7, 11) is 0. The van der Waals surface area contributed by atoms with Crippen molar-refractivity contribution in [2.24, 2.45) is 0 Å². The summed E-state index contributed by atoms with van der Waals surface area (Å²) in [6.45, 7) is 4.11. The van der Waals surface area contributed by atoms with Gasteiger partial charge in [-0.05, 0) is 19.4 Å². The predicted octanol–water partition coefficient (Wildman–Crippen LogP) is 3.11. The molecule has 51 valence electrons. The minimum absolute atomic E-state index is 1.20. The average Bonchev–Trinajstić information content (AvgIpc) is 1.89. The highest BCUT2D eigenvalue weighted by Gasteiger charge is 1.74. The van der Waals surface area contributed by atoms with Gasteiger partial charge in [-0.15, -0.1) is 0 Å². The maximum Gasteiger partial charge on any atom is -0.0348 e. The highest BCUT2D eigenvalue weighted by Crippen LogP contribution is 1.94. The van der Waals surface area contributed by atoms with Crippen LogP contribution in [-0.2, 0) is 0 Å². The first-order chi connectivity index (χ1) is 4.41. The van der Waals surface area contributed by atoms with Crippen LogP contribution >= 0.6 is 0 Å². The molecule has 0 aliphatic carbocycles. The summed E-state index contributed by atoms with van der Waals surface area (Å²) < 4.78 is 0. The molecule has 0 aromatic rings. The van der Waals surface area contributed by atoms with Crippen LogP contribution in [0, 0.1) is 6.08 Å². The van der Waals surface area contributed by atoms with Crippen LogP contribution in [0.5, 0.6) is 0 Å². The second kappa shape index (κ2) is 7.48. The number of hydrogen-bond donors (Lipinski definition) is 0. The normalized spacial score (nSPS) is 11.8. The summed E-state index contributed by atoms with van der Waals surface area (Å²) in [5.74, 6) is 0. The van der Waals surface area contributed by atoms with Gasteiger partial charge < -0.3 is 0 Å². The largest absolute Gasteiger partial charge is 0.0845 e. The van der Waals surface area contributed by atoms with Crippen molar-refractivity contribution in [3.63, 3.8) is 0 Å². The summed E-state index contributed by atoms with van der Waals surface area (Å²) in [6.07, 6.45) is 12.9. The van der Waals surface area contributed by atoms with Gasteiger partial charge in [0.25, 0.3) is 0 Å². The van der Waals surface area contributed by atoms with Gasteiger partial charge in [-0.3, -0.25) is 0 Å². The van der Waals surface area contributed by atoms with Gasteiger partial charge in [0.2, 0.25) is 0 Å². The lowest BCUT2D eigenvalue weighted by atomic mass is 10.2. The van der Waals surface area contributed by atoms with Gasteiger partial charge in [-0.25, -0.2) is 0 Å². The molecule has 0 aromatic carbocycles. The Bertz CT molecular complexity index is 88.2. The van der Waals surface area contributed by atoms with E-state index in [1.165, 1.54) is 19.3 Å². The van der Waals surface area contributed by atoms with Crippen LogP contribution in [0.3, 0.4) is 0 Å². The molecule has 0 rings (SSSR count). The lowest BCUT2D eigenvalue weighted by Crippen LogP contribution is -1.64. The van der Waals surface area contributed by atoms with Crippen LogP contribution in [0.25, 0.3) is 0 Å². The lowest BCUT2D eigenvalue weighted by molar-refractivity contribution is 0.815. The summed E-state index contributed by atoms with van der Waals surface area (Å²) in [5.41, 5.74) is 0. The van der Waals surface area contributed by atoms with Crippen LogP contribution in [0.2, 0.25) is 0 Å². The highest BCUT2D eigenvalue weighted by molar-refractivity contribution is 4.97. The van der Waals surface area contributed by atoms with Crippen molar-refractivity contribution in [3.8, 4) is 0 Å². The van der Waals surface area contributed by atoms with Gasteiger partial charge in [-0.1, -0.05) is 38.0 Å². The Morgan fingerprint density at radius 1 is 1.44 bits per heavy atom. The molecule has 0 unspecified atom stereocenters. The third-order valence-electron chi connectivity index (χ3n) is 1.12. The highest BCUT2D eigenvalue weighted by atomic mass is 13.8. The fraction of sp³-hybridized carbons (Fsp3) is 0.556. The van der Waals surface area contributed by atoms with E-state index in [2.05, 4.69) is 25.2 Å². The van der Waals surface area contributed by atoms with E-state index in [0.717, 1.165) is 0 Å². The third-order valence-corrected chi connectivity index (χ3v) is 1.12. The monoisotopic (exact) mass is 123 g/mol. The second-order valence-electron chi connectivity index (χ2n) is 2.03. The summed E-state index contributed by atoms with van der Waals surface area (Å²) in [5, 5.41) is 0. The molecular weight excluding hydrogens is 108 g/mol. The van der Waals surface area contributed by atoms with Crippen LogP contribution < -0.4 is 0 Å². The maximum absolute atomic E-state index is 2.93. The lowest BCUT2D eigenvalue weighted by Gasteiger charge is -1.84. The molecular formula is C9H15. The first-order valence-electron chi connectivity index (χ1n) is 3.57. The van der Waals surface area contributed by atoms with Crippen molar-refractivity contribution in [2.75, 3.05) is 0 Å². The minimum atomic E-state index is 1.20. The minimum Gasteiger partial charge on any atom is -0.0845 e. The second-order valence-corrected chi connectivity index (χ2v) is 2.03. The predicted molar refractivity (Wildman–Crippen MR) is 42.2 cm³/mol. The fourth-order valence-electron chi connectivity index (χ4n) is 0.582. The van der Waals surface area contributed by atoms with Crippen molar-refractivity contribution >= 4 is 0 Å². The summed E-state index contributed by atoms with van der Waals surface area (Å²) in [4.78, 5) is 0. The molecule has 0 saturated heterocycles. The van der Waals surface area contributed by atoms with Crippen LogP contribution in [0.4, 0.5) is 0 Å². The van der Waals surface area contributed by atoms with Gasteiger partial charge in [-0.2, -0.15) is 0 Å². The zero-order chi connectivity index (χ0) is 6.95. The molecule has 0 amide bonds. The molecule has 0 bridgehead atoms. The Balaban J connectivity index is 3.04. The van der Waals surface area contributed by atoms with Gasteiger partial charge >= 0.3 is 0 Å². The molecule has 0 saturated carbocycles. The number of unbranched alkanes of at least 4 members (excludes halogenated alkanes) is 2. The topological polar surface area (TPSA) is 0 Å². The zero-order valence-corrected chi connectivity index (χ0v) is 6.35. The Kier molecular flexibility index (Phi) is 7.05. The average molecular weight is 123 g/mol. The molecule has 0 heteroatoms. The van der Waals surface area contributed by atoms with E-state index in [-0.39, 0.29) is 0 Å². The van der Waals surface area contributed by atoms with Crippen molar-refractivity contribution < 1.29 is 0 Å². The molecule has 0 heterocycles. The summed E-state index contributed by atoms with van der Waals surface area (Å²) >= 11 is 0. The zero-order valence-electron chi connectivity index (χ0n) is 6.35. The van der Waals surface area contributed by atoms with Gasteiger partial charge in [0.15, 0.2) is 0 Å². The van der Waals surface area contributed by atoms with Gasteiger partial charge in [0.1, 0.15) is 0 Å². The molecule has 0 N–H and O–H groups in total. The quantitative estimate of drug-likeness (QED) is 0.398. The smallest absolute Gasteiger partial charge is 0.0348 e. The summed E-state index contributed by atoms with van der Waals surface area (Å²) in [6, 6.07) is 0. The van der Waals surface area contributed by atoms with E-state index >= 15 is 0 Å². The van der Waals surface area contributed by atoms with E-state index in [1.54, 1.807) is 0 Å². The Hall–Kier alpha value is -0.520. The van der Waals surface area contributed by atoms with Crippen LogP contribution in [0.1, 0.15) is 33.1 Å². The van der Waals surface area contributed by atoms with E-state index in [1.807, 2.05) is 13.0 Å². The molecule has 1 radical (unpaired) electrons. The Morgan fingerprint density at radius 2 is 2.22 bits per heavy atom. The molecule has 0 aliphatic heterocycles. The molecule has 0 spiro atoms. The van der Waals surface area contributed by atoms with Crippen molar-refractivity contribution in [2.45, 2.75) is 33.1 Å². The van der Waals surface area contributed by atoms with Crippen molar-refractivity contribution in [1.29, 1.82) is 0 Å². The molecule has 0 nitrogen and oxygen atoms in total. The Labute approximate surface area is 58.3 Å². The van der Waals surface area contributed by atoms with Gasteiger partial charge in [0.05, 0.1) is 0 Å². The SMILES string of the molecule is C/[C]=C/C=CCCCC. The van der Waals surface area contributed by atoms with E-state index in [9.17, 15) is 0 Å². The number of allylic oxidation sites excluding steroid dienone is 4. The standard InChI is InChI=1S/C9H15/c1-3-5-7-9-8-6-4-2/h6,8-9H,3,5,7H2,1-2H3. The van der Waals surface area contributed by atoms with Crippen LogP contribution in [-0.4, -0.2) is 0 Å². The number of hydrogen-bond acceptors (Lipinski definition) is 0. The van der Waals surface area contributed by atoms with Crippen molar-refractivity contribution in [3.05, 3.63) is 24.3 Å². The molecule has 0 atom stereocenters. The fourth-order valence-corrected chi connectivity index (χ4v) is 0.582. The third kappa shape index (κ3) is 7.48. The molecule has 9 heavy (non-hydrogen) atoms. The van der Waals surface area contributed by atoms with Gasteiger partial charge in [0, 0.05) is 0 Å². The van der Waals surface area contributed by atoms with E-state index < -0.39 is 0 Å².